The lowest BCUT2D eigenvalue weighted by atomic mass is 10.0. The number of phosphoric ester groups is 1. The number of nitrogens with one attached hydrogen (secondary N) is 1. The van der Waals surface area contributed by atoms with Gasteiger partial charge in [0.2, 0.25) is 5.91 Å². The number of amides is 1. The molecule has 2 atom stereocenters. The zero-order chi connectivity index (χ0) is 36.1. The summed E-state index contributed by atoms with van der Waals surface area (Å²) in [7, 11) is -4.40. The minimum atomic E-state index is -4.40. The van der Waals surface area contributed by atoms with Gasteiger partial charge in [0.25, 0.3) is 0 Å². The number of unbranched alkanes of at least 4 members (excludes halogenated alkanes) is 20. The van der Waals surface area contributed by atoms with Gasteiger partial charge in [-0.25, -0.2) is 4.57 Å². The summed E-state index contributed by atoms with van der Waals surface area (Å²) in [6, 6.07) is 0. The fourth-order valence-corrected chi connectivity index (χ4v) is 6.11. The molecule has 0 saturated heterocycles. The molecule has 0 spiro atoms. The molecule has 3 N–H and O–H groups in total. The molecule has 0 aromatic rings. The van der Waals surface area contributed by atoms with E-state index in [2.05, 4.69) is 43.5 Å². The highest BCUT2D eigenvalue weighted by atomic mass is 31.2. The lowest BCUT2D eigenvalue weighted by molar-refractivity contribution is -0.147. The first-order valence-corrected chi connectivity index (χ1v) is 21.3. The minimum Gasteiger partial charge on any atom is -0.463 e. The first-order valence-electron chi connectivity index (χ1n) is 19.8. The Morgan fingerprint density at radius 3 is 1.67 bits per heavy atom. The van der Waals surface area contributed by atoms with Crippen molar-refractivity contribution in [1.29, 1.82) is 0 Å². The van der Waals surface area contributed by atoms with Crippen molar-refractivity contribution < 1.29 is 37.9 Å². The van der Waals surface area contributed by atoms with Gasteiger partial charge in [-0.15, -0.1) is 0 Å². The van der Waals surface area contributed by atoms with E-state index in [-0.39, 0.29) is 32.1 Å². The van der Waals surface area contributed by atoms with Crippen molar-refractivity contribution in [3.63, 3.8) is 0 Å². The van der Waals surface area contributed by atoms with E-state index in [0.717, 1.165) is 57.8 Å². The van der Waals surface area contributed by atoms with Crippen molar-refractivity contribution in [1.82, 2.24) is 5.32 Å². The number of carbonyl (C=O) groups is 2. The molecule has 0 aromatic heterocycles. The van der Waals surface area contributed by atoms with Crippen molar-refractivity contribution in [2.75, 3.05) is 26.4 Å². The van der Waals surface area contributed by atoms with Crippen LogP contribution in [0.25, 0.3) is 0 Å². The number of hydrogen-bond donors (Lipinski definition) is 3. The Bertz CT molecular complexity index is 866. The summed E-state index contributed by atoms with van der Waals surface area (Å²) in [6.07, 6.45) is 37.3. The van der Waals surface area contributed by atoms with E-state index in [9.17, 15) is 24.2 Å². The second-order valence-corrected chi connectivity index (χ2v) is 14.7. The van der Waals surface area contributed by atoms with Gasteiger partial charge >= 0.3 is 13.8 Å². The number of hydrogen-bond acceptors (Lipinski definition) is 7. The van der Waals surface area contributed by atoms with Crippen molar-refractivity contribution in [3.05, 3.63) is 24.3 Å². The van der Waals surface area contributed by atoms with E-state index >= 15 is 0 Å². The Balaban J connectivity index is 3.51. The SMILES string of the molecule is CCCCC/C=C\C/C=C\CCCCCCCCCCCCCCCC(=O)NCCOP(=O)(O)OCC(O)COC(=O)CCCCCCC. The third-order valence-electron chi connectivity index (χ3n) is 8.38. The van der Waals surface area contributed by atoms with Crippen molar-refractivity contribution in [2.45, 2.75) is 187 Å². The van der Waals surface area contributed by atoms with Gasteiger partial charge in [-0.2, -0.15) is 0 Å². The number of esters is 1. The molecule has 2 unspecified atom stereocenters. The van der Waals surface area contributed by atoms with E-state index < -0.39 is 26.5 Å². The fraction of sp³-hybridized carbons (Fsp3) is 0.846. The summed E-state index contributed by atoms with van der Waals surface area (Å²) < 4.78 is 26.6. The van der Waals surface area contributed by atoms with Gasteiger partial charge in [0.05, 0.1) is 13.2 Å². The molecule has 0 aliphatic rings. The van der Waals surface area contributed by atoms with Crippen LogP contribution < -0.4 is 5.32 Å². The smallest absolute Gasteiger partial charge is 0.463 e. The molecule has 10 heteroatoms. The molecule has 0 heterocycles. The van der Waals surface area contributed by atoms with Crippen LogP contribution in [0.2, 0.25) is 0 Å². The van der Waals surface area contributed by atoms with Crippen LogP contribution in [0.15, 0.2) is 24.3 Å². The molecular formula is C39H74NO8P. The van der Waals surface area contributed by atoms with Crippen LogP contribution >= 0.6 is 7.82 Å². The second-order valence-electron chi connectivity index (χ2n) is 13.3. The molecule has 1 amide bonds. The lowest BCUT2D eigenvalue weighted by Crippen LogP contribution is -2.27. The molecule has 0 rings (SSSR count). The topological polar surface area (TPSA) is 131 Å². The second kappa shape index (κ2) is 36.3. The van der Waals surface area contributed by atoms with Crippen molar-refractivity contribution in [2.24, 2.45) is 0 Å². The van der Waals surface area contributed by atoms with Crippen molar-refractivity contribution >= 4 is 19.7 Å². The van der Waals surface area contributed by atoms with E-state index in [1.54, 1.807) is 0 Å². The monoisotopic (exact) mass is 716 g/mol. The molecule has 0 fully saturated rings. The highest BCUT2D eigenvalue weighted by Crippen LogP contribution is 2.42. The first-order chi connectivity index (χ1) is 23.8. The Morgan fingerprint density at radius 2 is 1.10 bits per heavy atom. The average Bonchev–Trinajstić information content (AvgIpc) is 3.08. The summed E-state index contributed by atoms with van der Waals surface area (Å²) in [6.45, 7) is 3.42. The first kappa shape index (κ1) is 47.5. The van der Waals surface area contributed by atoms with Crippen LogP contribution in [0.3, 0.4) is 0 Å². The molecule has 288 valence electrons. The standard InChI is InChI=1S/C39H74NO8P/c1-3-5-7-9-10-11-12-13-14-15-16-17-18-19-20-21-22-23-24-25-26-28-29-31-38(42)40-33-34-47-49(44,45)48-36-37(41)35-46-39(43)32-30-27-8-6-4-2/h10-11,13-14,37,41H,3-9,12,15-36H2,1-2H3,(H,40,42)(H,44,45)/b11-10-,14-13-. The van der Waals surface area contributed by atoms with E-state index in [4.69, 9.17) is 13.8 Å². The highest BCUT2D eigenvalue weighted by molar-refractivity contribution is 7.47. The number of aliphatic hydroxyl groups is 1. The maximum atomic E-state index is 12.0. The van der Waals surface area contributed by atoms with E-state index in [1.165, 1.54) is 96.3 Å². The number of rotatable bonds is 37. The number of allylic oxidation sites excluding steroid dienone is 4. The molecule has 9 nitrogen and oxygen atoms in total. The van der Waals surface area contributed by atoms with Crippen LogP contribution in [0.5, 0.6) is 0 Å². The van der Waals surface area contributed by atoms with Gasteiger partial charge in [-0.1, -0.05) is 147 Å². The number of ether oxygens (including phenoxy) is 1. The summed E-state index contributed by atoms with van der Waals surface area (Å²) in [4.78, 5) is 33.5. The largest absolute Gasteiger partial charge is 0.472 e. The van der Waals surface area contributed by atoms with E-state index in [0.29, 0.717) is 6.42 Å². The van der Waals surface area contributed by atoms with Gasteiger partial charge in [-0.05, 0) is 44.9 Å². The molecule has 0 radical (unpaired) electrons. The van der Waals surface area contributed by atoms with Crippen LogP contribution in [0.4, 0.5) is 0 Å². The zero-order valence-corrected chi connectivity index (χ0v) is 32.3. The molecule has 0 aromatic carbocycles. The predicted molar refractivity (Wildman–Crippen MR) is 201 cm³/mol. The lowest BCUT2D eigenvalue weighted by Gasteiger charge is -2.15. The quantitative estimate of drug-likeness (QED) is 0.0251. The molecule has 0 bridgehead atoms. The Kier molecular flexibility index (Phi) is 35.2. The minimum absolute atomic E-state index is 0.0832. The average molecular weight is 716 g/mol. The summed E-state index contributed by atoms with van der Waals surface area (Å²) in [5, 5.41) is 12.5. The van der Waals surface area contributed by atoms with Gasteiger partial charge in [-0.3, -0.25) is 18.6 Å². The Labute approximate surface area is 300 Å². The summed E-state index contributed by atoms with van der Waals surface area (Å²) in [5.41, 5.74) is 0. The molecule has 0 aliphatic heterocycles. The summed E-state index contributed by atoms with van der Waals surface area (Å²) in [5.74, 6) is -0.527. The van der Waals surface area contributed by atoms with Crippen LogP contribution in [-0.2, 0) is 27.9 Å². The number of carbonyl (C=O) groups excluding carboxylic acids is 2. The zero-order valence-electron chi connectivity index (χ0n) is 31.4. The summed E-state index contributed by atoms with van der Waals surface area (Å²) >= 11 is 0. The molecule has 0 saturated carbocycles. The molecular weight excluding hydrogens is 641 g/mol. The van der Waals surface area contributed by atoms with Gasteiger partial charge in [0.1, 0.15) is 12.7 Å². The normalized spacial score (nSPS) is 13.6. The third kappa shape index (κ3) is 37.6. The molecule has 49 heavy (non-hydrogen) atoms. The maximum Gasteiger partial charge on any atom is 0.472 e. The number of phosphoric acid groups is 1. The Hall–Kier alpha value is -1.51. The predicted octanol–water partition coefficient (Wildman–Crippen LogP) is 10.4. The number of aliphatic hydroxyl groups excluding tert-OH is 1. The van der Waals surface area contributed by atoms with Gasteiger partial charge < -0.3 is 20.1 Å². The fourth-order valence-electron chi connectivity index (χ4n) is 5.35. The van der Waals surface area contributed by atoms with Crippen LogP contribution in [0, 0.1) is 0 Å². The van der Waals surface area contributed by atoms with Crippen LogP contribution in [0.1, 0.15) is 181 Å². The molecule has 0 aliphatic carbocycles. The third-order valence-corrected chi connectivity index (χ3v) is 9.37. The van der Waals surface area contributed by atoms with Gasteiger partial charge in [0.15, 0.2) is 0 Å². The van der Waals surface area contributed by atoms with Gasteiger partial charge in [0, 0.05) is 19.4 Å². The Morgan fingerprint density at radius 1 is 0.633 bits per heavy atom. The maximum absolute atomic E-state index is 12.0. The highest BCUT2D eigenvalue weighted by Gasteiger charge is 2.23. The van der Waals surface area contributed by atoms with Crippen LogP contribution in [-0.4, -0.2) is 54.3 Å². The van der Waals surface area contributed by atoms with E-state index in [1.807, 2.05) is 0 Å². The van der Waals surface area contributed by atoms with Crippen molar-refractivity contribution in [3.8, 4) is 0 Å².